The highest BCUT2D eigenvalue weighted by molar-refractivity contribution is 5.92. The van der Waals surface area contributed by atoms with Crippen molar-refractivity contribution in [2.24, 2.45) is 0 Å². The Hall–Kier alpha value is -2.37. The highest BCUT2D eigenvalue weighted by atomic mass is 16.5. The van der Waals surface area contributed by atoms with Crippen LogP contribution in [0, 0.1) is 0 Å². The van der Waals surface area contributed by atoms with Crippen molar-refractivity contribution >= 4 is 23.5 Å². The number of aromatic carboxylic acids is 1. The predicted octanol–water partition coefficient (Wildman–Crippen LogP) is 3.62. The Morgan fingerprint density at radius 3 is 2.00 bits per heavy atom. The molecule has 0 aliphatic rings. The van der Waals surface area contributed by atoms with E-state index in [0.29, 0.717) is 18.5 Å². The molecule has 0 aliphatic carbocycles. The zero-order chi connectivity index (χ0) is 17.8. The van der Waals surface area contributed by atoms with Crippen LogP contribution in [0.25, 0.3) is 0 Å². The van der Waals surface area contributed by atoms with Crippen molar-refractivity contribution in [1.82, 2.24) is 0 Å². The maximum absolute atomic E-state index is 11.8. The summed E-state index contributed by atoms with van der Waals surface area (Å²) in [6.45, 7) is 0. The highest BCUT2D eigenvalue weighted by Gasteiger charge is 2.05. The summed E-state index contributed by atoms with van der Waals surface area (Å²) in [5.74, 6) is -1.22. The van der Waals surface area contributed by atoms with Crippen molar-refractivity contribution in [3.8, 4) is 0 Å². The fourth-order valence-corrected chi connectivity index (χ4v) is 2.28. The second-order valence-electron chi connectivity index (χ2n) is 5.63. The molecule has 2 N–H and O–H groups in total. The van der Waals surface area contributed by atoms with Gasteiger partial charge in [0, 0.05) is 18.5 Å². The van der Waals surface area contributed by atoms with Crippen LogP contribution in [0.2, 0.25) is 0 Å². The van der Waals surface area contributed by atoms with Gasteiger partial charge in [-0.15, -0.1) is 0 Å². The van der Waals surface area contributed by atoms with Crippen molar-refractivity contribution in [2.75, 3.05) is 12.4 Å². The molecule has 1 aromatic carbocycles. The molecule has 6 nitrogen and oxygen atoms in total. The zero-order valence-electron chi connectivity index (χ0n) is 14.0. The Kier molecular flexibility index (Phi) is 9.19. The van der Waals surface area contributed by atoms with Gasteiger partial charge in [-0.3, -0.25) is 9.59 Å². The van der Waals surface area contributed by atoms with E-state index in [1.807, 2.05) is 0 Å². The second-order valence-corrected chi connectivity index (χ2v) is 5.63. The summed E-state index contributed by atoms with van der Waals surface area (Å²) in [6, 6.07) is 6.10. The average Bonchev–Trinajstić information content (AvgIpc) is 2.57. The van der Waals surface area contributed by atoms with E-state index in [9.17, 15) is 14.4 Å². The molecule has 24 heavy (non-hydrogen) atoms. The van der Waals surface area contributed by atoms with Crippen LogP contribution in [-0.4, -0.2) is 30.1 Å². The maximum Gasteiger partial charge on any atom is 0.335 e. The van der Waals surface area contributed by atoms with Gasteiger partial charge in [0.2, 0.25) is 5.91 Å². The number of methoxy groups -OCH3 is 1. The number of carbonyl (C=O) groups excluding carboxylic acids is 2. The smallest absolute Gasteiger partial charge is 0.335 e. The number of carboxylic acid groups (broad SMARTS) is 1. The third-order valence-electron chi connectivity index (χ3n) is 3.68. The molecular formula is C18H25NO5. The Morgan fingerprint density at radius 2 is 1.46 bits per heavy atom. The Bertz CT molecular complexity index is 539. The molecule has 0 aliphatic heterocycles. The summed E-state index contributed by atoms with van der Waals surface area (Å²) in [5, 5.41) is 11.6. The van der Waals surface area contributed by atoms with E-state index in [4.69, 9.17) is 5.11 Å². The third kappa shape index (κ3) is 8.31. The summed E-state index contributed by atoms with van der Waals surface area (Å²) in [5.41, 5.74) is 0.799. The van der Waals surface area contributed by atoms with Crippen LogP contribution < -0.4 is 5.32 Å². The first-order valence-electron chi connectivity index (χ1n) is 8.23. The van der Waals surface area contributed by atoms with Crippen molar-refractivity contribution in [3.63, 3.8) is 0 Å². The van der Waals surface area contributed by atoms with E-state index >= 15 is 0 Å². The number of esters is 1. The topological polar surface area (TPSA) is 92.7 Å². The van der Waals surface area contributed by atoms with Gasteiger partial charge >= 0.3 is 11.9 Å². The molecule has 1 rings (SSSR count). The van der Waals surface area contributed by atoms with Crippen molar-refractivity contribution in [3.05, 3.63) is 29.8 Å². The number of carboxylic acids is 1. The van der Waals surface area contributed by atoms with Gasteiger partial charge in [0.1, 0.15) is 0 Å². The number of anilines is 1. The van der Waals surface area contributed by atoms with Crippen LogP contribution in [0.3, 0.4) is 0 Å². The van der Waals surface area contributed by atoms with Gasteiger partial charge in [-0.1, -0.05) is 25.7 Å². The van der Waals surface area contributed by atoms with Crippen LogP contribution in [-0.2, 0) is 14.3 Å². The molecule has 0 bridgehead atoms. The number of benzene rings is 1. The van der Waals surface area contributed by atoms with Gasteiger partial charge in [0.15, 0.2) is 0 Å². The lowest BCUT2D eigenvalue weighted by Gasteiger charge is -2.06. The number of amides is 1. The lowest BCUT2D eigenvalue weighted by Crippen LogP contribution is -2.11. The summed E-state index contributed by atoms with van der Waals surface area (Å²) < 4.78 is 4.58. The fourth-order valence-electron chi connectivity index (χ4n) is 2.28. The van der Waals surface area contributed by atoms with Crippen LogP contribution in [0.15, 0.2) is 24.3 Å². The quantitative estimate of drug-likeness (QED) is 0.476. The van der Waals surface area contributed by atoms with Gasteiger partial charge < -0.3 is 15.2 Å². The molecule has 1 aromatic rings. The molecule has 0 saturated carbocycles. The summed E-state index contributed by atoms with van der Waals surface area (Å²) in [6.07, 6.45) is 6.65. The van der Waals surface area contributed by atoms with E-state index in [1.54, 1.807) is 12.1 Å². The number of ether oxygens (including phenoxy) is 1. The molecule has 6 heteroatoms. The van der Waals surface area contributed by atoms with E-state index in [-0.39, 0.29) is 17.4 Å². The molecule has 0 atom stereocenters. The van der Waals surface area contributed by atoms with Gasteiger partial charge in [-0.25, -0.2) is 4.79 Å². The van der Waals surface area contributed by atoms with Crippen molar-refractivity contribution < 1.29 is 24.2 Å². The minimum Gasteiger partial charge on any atom is -0.478 e. The molecule has 0 saturated heterocycles. The van der Waals surface area contributed by atoms with Gasteiger partial charge in [0.25, 0.3) is 0 Å². The van der Waals surface area contributed by atoms with E-state index in [2.05, 4.69) is 10.1 Å². The zero-order valence-corrected chi connectivity index (χ0v) is 14.0. The van der Waals surface area contributed by atoms with Crippen LogP contribution >= 0.6 is 0 Å². The number of unbranched alkanes of at least 4 members (excludes halogenated alkanes) is 5. The van der Waals surface area contributed by atoms with E-state index in [0.717, 1.165) is 38.5 Å². The molecule has 0 radical (unpaired) electrons. The van der Waals surface area contributed by atoms with Crippen molar-refractivity contribution in [1.29, 1.82) is 0 Å². The summed E-state index contributed by atoms with van der Waals surface area (Å²) >= 11 is 0. The van der Waals surface area contributed by atoms with Gasteiger partial charge in [-0.05, 0) is 37.1 Å². The molecule has 0 heterocycles. The first-order valence-corrected chi connectivity index (χ1v) is 8.23. The van der Waals surface area contributed by atoms with E-state index in [1.165, 1.54) is 19.2 Å². The maximum atomic E-state index is 11.8. The predicted molar refractivity (Wildman–Crippen MR) is 91.0 cm³/mol. The summed E-state index contributed by atoms with van der Waals surface area (Å²) in [4.78, 5) is 33.5. The Labute approximate surface area is 142 Å². The minimum atomic E-state index is -0.987. The first-order chi connectivity index (χ1) is 11.5. The minimum absolute atomic E-state index is 0.0660. The van der Waals surface area contributed by atoms with Crippen LogP contribution in [0.4, 0.5) is 5.69 Å². The lowest BCUT2D eigenvalue weighted by molar-refractivity contribution is -0.140. The standard InChI is InChI=1S/C18H25NO5/c1-24-17(21)9-7-5-3-2-4-6-8-16(20)19-15-12-10-14(11-13-15)18(22)23/h10-13H,2-9H2,1H3,(H,19,20)(H,22,23). The molecular weight excluding hydrogens is 310 g/mol. The fraction of sp³-hybridized carbons (Fsp3) is 0.500. The lowest BCUT2D eigenvalue weighted by atomic mass is 10.1. The first kappa shape index (κ1) is 19.7. The van der Waals surface area contributed by atoms with Crippen LogP contribution in [0.5, 0.6) is 0 Å². The number of carbonyl (C=O) groups is 3. The molecule has 0 unspecified atom stereocenters. The average molecular weight is 335 g/mol. The molecule has 0 fully saturated rings. The largest absolute Gasteiger partial charge is 0.478 e. The molecule has 1 amide bonds. The number of nitrogens with one attached hydrogen (secondary N) is 1. The monoisotopic (exact) mass is 335 g/mol. The molecule has 0 aromatic heterocycles. The highest BCUT2D eigenvalue weighted by Crippen LogP contribution is 2.12. The number of hydrogen-bond acceptors (Lipinski definition) is 4. The van der Waals surface area contributed by atoms with Gasteiger partial charge in [-0.2, -0.15) is 0 Å². The van der Waals surface area contributed by atoms with Crippen molar-refractivity contribution in [2.45, 2.75) is 51.4 Å². The Morgan fingerprint density at radius 1 is 0.917 bits per heavy atom. The van der Waals surface area contributed by atoms with E-state index < -0.39 is 5.97 Å². The number of rotatable bonds is 11. The van der Waals surface area contributed by atoms with Crippen LogP contribution in [0.1, 0.15) is 61.7 Å². The van der Waals surface area contributed by atoms with Gasteiger partial charge in [0.05, 0.1) is 12.7 Å². The second kappa shape index (κ2) is 11.2. The normalized spacial score (nSPS) is 10.2. The summed E-state index contributed by atoms with van der Waals surface area (Å²) in [7, 11) is 1.40. The SMILES string of the molecule is COC(=O)CCCCCCCCC(=O)Nc1ccc(C(=O)O)cc1. The third-order valence-corrected chi connectivity index (χ3v) is 3.68. The number of hydrogen-bond donors (Lipinski definition) is 2. The Balaban J connectivity index is 2.07. The molecule has 0 spiro atoms. The molecule has 132 valence electrons.